The standard InChI is InChI=1S/C28H37BrF3N5O5/c1-27(26(40)41)11-4-3-6-17(27)25(39)37-13-10-16-18(29)8-9-21(23(16)20(37)14-36-12-5-7-22(36)38)42-15-19(33)24(35(2)34)28(30,31)32/h8-9,17,20H,3-7,10-15,33-34H2,1-2H3,(H,40,41)/b24-19-/t17-,20?,27-/m0/s1. The number of halogens is 4. The molecular formula is C28H37BrF3N5O5. The van der Waals surface area contributed by atoms with Crippen LogP contribution < -0.4 is 16.3 Å². The molecule has 1 aromatic carbocycles. The van der Waals surface area contributed by atoms with Gasteiger partial charge in [0.05, 0.1) is 23.1 Å². The summed E-state index contributed by atoms with van der Waals surface area (Å²) in [5.74, 6) is 3.47. The van der Waals surface area contributed by atoms with Crippen molar-refractivity contribution in [2.75, 3.05) is 33.3 Å². The van der Waals surface area contributed by atoms with Crippen LogP contribution in [-0.4, -0.2) is 77.2 Å². The van der Waals surface area contributed by atoms with E-state index < -0.39 is 47.5 Å². The number of amides is 2. The maximum Gasteiger partial charge on any atom is 0.434 e. The second kappa shape index (κ2) is 12.3. The Kier molecular flexibility index (Phi) is 9.36. The van der Waals surface area contributed by atoms with Gasteiger partial charge in [-0.15, -0.1) is 0 Å². The van der Waals surface area contributed by atoms with Crippen molar-refractivity contribution in [2.45, 2.75) is 64.1 Å². The molecule has 0 aromatic heterocycles. The minimum Gasteiger partial charge on any atom is -0.487 e. The molecule has 1 aliphatic carbocycles. The SMILES string of the molecule is CN(N)/C(=C(\N)COc1ccc(Br)c2c1C(CN1CCCC1=O)N(C(=O)[C@@H]1CCCC[C@]1(C)C(=O)O)CC2)C(F)(F)F. The van der Waals surface area contributed by atoms with Crippen LogP contribution in [0.25, 0.3) is 0 Å². The Balaban J connectivity index is 1.76. The smallest absolute Gasteiger partial charge is 0.434 e. The van der Waals surface area contributed by atoms with Crippen LogP contribution in [0.5, 0.6) is 5.75 Å². The van der Waals surface area contributed by atoms with Crippen molar-refractivity contribution in [3.05, 3.63) is 39.1 Å². The van der Waals surface area contributed by atoms with Crippen LogP contribution in [0, 0.1) is 11.3 Å². The monoisotopic (exact) mass is 659 g/mol. The maximum absolute atomic E-state index is 14.2. The first-order chi connectivity index (χ1) is 19.7. The minimum absolute atomic E-state index is 0.0620. The van der Waals surface area contributed by atoms with E-state index in [2.05, 4.69) is 15.9 Å². The van der Waals surface area contributed by atoms with E-state index in [1.807, 2.05) is 0 Å². The summed E-state index contributed by atoms with van der Waals surface area (Å²) in [4.78, 5) is 42.6. The van der Waals surface area contributed by atoms with E-state index in [1.165, 1.54) is 0 Å². The van der Waals surface area contributed by atoms with Gasteiger partial charge in [0.2, 0.25) is 11.8 Å². The summed E-state index contributed by atoms with van der Waals surface area (Å²) in [5.41, 5.74) is 4.06. The van der Waals surface area contributed by atoms with Crippen molar-refractivity contribution < 1.29 is 37.4 Å². The van der Waals surface area contributed by atoms with Crippen LogP contribution in [0.1, 0.15) is 62.6 Å². The van der Waals surface area contributed by atoms with Crippen molar-refractivity contribution >= 4 is 33.7 Å². The third-order valence-corrected chi connectivity index (χ3v) is 9.47. The van der Waals surface area contributed by atoms with Gasteiger partial charge < -0.3 is 30.4 Å². The van der Waals surface area contributed by atoms with Crippen LogP contribution in [0.3, 0.4) is 0 Å². The molecule has 2 heterocycles. The molecule has 1 aromatic rings. The molecule has 1 saturated heterocycles. The number of benzene rings is 1. The quantitative estimate of drug-likeness (QED) is 0.283. The van der Waals surface area contributed by atoms with Gasteiger partial charge in [-0.05, 0) is 50.3 Å². The minimum atomic E-state index is -4.81. The van der Waals surface area contributed by atoms with Gasteiger partial charge in [0.15, 0.2) is 5.70 Å². The summed E-state index contributed by atoms with van der Waals surface area (Å²) in [5, 5.41) is 10.5. The predicted octanol–water partition coefficient (Wildman–Crippen LogP) is 3.70. The van der Waals surface area contributed by atoms with Gasteiger partial charge >= 0.3 is 12.1 Å². The number of nitrogens with two attached hydrogens (primary N) is 2. The van der Waals surface area contributed by atoms with Crippen molar-refractivity contribution in [1.29, 1.82) is 0 Å². The van der Waals surface area contributed by atoms with Crippen molar-refractivity contribution in [3.8, 4) is 5.75 Å². The molecule has 3 aliphatic rings. The molecule has 2 fully saturated rings. The third-order valence-electron chi connectivity index (χ3n) is 8.72. The van der Waals surface area contributed by atoms with Crippen molar-refractivity contribution in [2.24, 2.45) is 22.9 Å². The lowest BCUT2D eigenvalue weighted by Crippen LogP contribution is -2.52. The summed E-state index contributed by atoms with van der Waals surface area (Å²) >= 11 is 3.56. The van der Waals surface area contributed by atoms with Crippen LogP contribution in [0.4, 0.5) is 13.2 Å². The number of hydrazine groups is 1. The molecule has 2 amide bonds. The maximum atomic E-state index is 14.2. The van der Waals surface area contributed by atoms with Gasteiger partial charge in [-0.1, -0.05) is 28.8 Å². The van der Waals surface area contributed by atoms with Gasteiger partial charge in [0, 0.05) is 43.1 Å². The molecule has 1 saturated carbocycles. The Morgan fingerprint density at radius 2 is 1.93 bits per heavy atom. The number of rotatable bonds is 8. The lowest BCUT2D eigenvalue weighted by molar-refractivity contribution is -0.162. The topological polar surface area (TPSA) is 142 Å². The third kappa shape index (κ3) is 6.19. The van der Waals surface area contributed by atoms with Gasteiger partial charge in [-0.25, -0.2) is 5.84 Å². The zero-order valence-corrected chi connectivity index (χ0v) is 25.3. The second-order valence-electron chi connectivity index (χ2n) is 11.5. The summed E-state index contributed by atoms with van der Waals surface area (Å²) in [6.07, 6.45) is -1.14. The highest BCUT2D eigenvalue weighted by Gasteiger charge is 2.50. The number of alkyl halides is 3. The Morgan fingerprint density at radius 1 is 1.21 bits per heavy atom. The number of carbonyl (C=O) groups is 3. The highest BCUT2D eigenvalue weighted by molar-refractivity contribution is 9.10. The summed E-state index contributed by atoms with van der Waals surface area (Å²) in [7, 11) is 1.03. The molecule has 3 atom stereocenters. The second-order valence-corrected chi connectivity index (χ2v) is 12.3. The number of carboxylic acids is 1. The zero-order valence-electron chi connectivity index (χ0n) is 23.7. The number of carbonyl (C=O) groups excluding carboxylic acids is 2. The number of fused-ring (bicyclic) bond motifs is 1. The van der Waals surface area contributed by atoms with E-state index in [0.29, 0.717) is 55.6 Å². The van der Waals surface area contributed by atoms with Crippen LogP contribution >= 0.6 is 15.9 Å². The average molecular weight is 661 g/mol. The summed E-state index contributed by atoms with van der Waals surface area (Å²) in [6.45, 7) is 1.91. The van der Waals surface area contributed by atoms with E-state index in [0.717, 1.165) is 23.5 Å². The van der Waals surface area contributed by atoms with E-state index in [4.69, 9.17) is 16.3 Å². The first-order valence-corrected chi connectivity index (χ1v) is 14.8. The number of allylic oxidation sites excluding steroid dienone is 1. The number of ether oxygens (including phenoxy) is 1. The Labute approximate surface area is 250 Å². The molecular weight excluding hydrogens is 623 g/mol. The summed E-state index contributed by atoms with van der Waals surface area (Å²) in [6, 6.07) is 2.59. The van der Waals surface area contributed by atoms with Gasteiger partial charge in [0.25, 0.3) is 0 Å². The number of hydrogen-bond acceptors (Lipinski definition) is 7. The van der Waals surface area contributed by atoms with Crippen molar-refractivity contribution in [1.82, 2.24) is 14.8 Å². The fourth-order valence-electron chi connectivity index (χ4n) is 6.48. The number of carboxylic acid groups (broad SMARTS) is 1. The molecule has 4 rings (SSSR count). The van der Waals surface area contributed by atoms with E-state index >= 15 is 0 Å². The van der Waals surface area contributed by atoms with Gasteiger partial charge in [-0.2, -0.15) is 13.2 Å². The molecule has 42 heavy (non-hydrogen) atoms. The van der Waals surface area contributed by atoms with Crippen LogP contribution in [-0.2, 0) is 20.8 Å². The number of hydrogen-bond donors (Lipinski definition) is 3. The molecule has 0 radical (unpaired) electrons. The largest absolute Gasteiger partial charge is 0.487 e. The Bertz CT molecular complexity index is 1270. The van der Waals surface area contributed by atoms with E-state index in [1.54, 1.807) is 28.9 Å². The first-order valence-electron chi connectivity index (χ1n) is 14.0. The van der Waals surface area contributed by atoms with Crippen LogP contribution in [0.15, 0.2) is 28.0 Å². The molecule has 14 heteroatoms. The number of aliphatic carboxylic acids is 1. The highest BCUT2D eigenvalue weighted by Crippen LogP contribution is 2.46. The van der Waals surface area contributed by atoms with Gasteiger partial charge in [0.1, 0.15) is 12.4 Å². The summed E-state index contributed by atoms with van der Waals surface area (Å²) < 4.78 is 47.4. The average Bonchev–Trinajstić information content (AvgIpc) is 3.31. The van der Waals surface area contributed by atoms with Gasteiger partial charge in [-0.3, -0.25) is 14.4 Å². The lowest BCUT2D eigenvalue weighted by Gasteiger charge is -2.45. The zero-order chi connectivity index (χ0) is 31.0. The Hall–Kier alpha value is -3.00. The van der Waals surface area contributed by atoms with Crippen LogP contribution in [0.2, 0.25) is 0 Å². The highest BCUT2D eigenvalue weighted by atomic mass is 79.9. The number of nitrogens with zero attached hydrogens (tertiary/aromatic N) is 3. The first kappa shape index (κ1) is 31.9. The van der Waals surface area contributed by atoms with E-state index in [9.17, 15) is 32.7 Å². The predicted molar refractivity (Wildman–Crippen MR) is 151 cm³/mol. The normalized spacial score (nSPS) is 25.2. The fourth-order valence-corrected chi connectivity index (χ4v) is 7.03. The van der Waals surface area contributed by atoms with E-state index in [-0.39, 0.29) is 30.7 Å². The molecule has 1 unspecified atom stereocenters. The molecule has 232 valence electrons. The molecule has 10 nitrogen and oxygen atoms in total. The fraction of sp³-hybridized carbons (Fsp3) is 0.607. The Morgan fingerprint density at radius 3 is 2.52 bits per heavy atom. The molecule has 5 N–H and O–H groups in total. The molecule has 0 bridgehead atoms. The molecule has 0 spiro atoms. The number of likely N-dealkylation sites (tertiary alicyclic amines) is 1. The lowest BCUT2D eigenvalue weighted by atomic mass is 9.66. The van der Waals surface area contributed by atoms with Crippen molar-refractivity contribution in [3.63, 3.8) is 0 Å². The molecule has 2 aliphatic heterocycles.